The quantitative estimate of drug-likeness (QED) is 0.429. The maximum Gasteiger partial charge on any atom is 0.339 e. The van der Waals surface area contributed by atoms with Crippen LogP contribution in [0.4, 0.5) is 16.2 Å². The van der Waals surface area contributed by atoms with E-state index in [0.29, 0.717) is 22.9 Å². The Morgan fingerprint density at radius 1 is 1.31 bits per heavy atom. The standard InChI is InChI=1S/C17H17ClN4O4/c1-2-9-26-16-8-3-12(10-15(16)22(24)25)11-19-21-17(23)20-14-6-4-13(18)5-7-14/h3-8,10-11H,2,9H2,1H3,(H2,20,21,23)/b19-11-. The van der Waals surface area contributed by atoms with Crippen molar-refractivity contribution in [3.05, 3.63) is 63.2 Å². The fourth-order valence-corrected chi connectivity index (χ4v) is 2.08. The van der Waals surface area contributed by atoms with E-state index in [1.165, 1.54) is 18.3 Å². The van der Waals surface area contributed by atoms with Crippen molar-refractivity contribution in [2.24, 2.45) is 5.10 Å². The predicted molar refractivity (Wildman–Crippen MR) is 100 cm³/mol. The summed E-state index contributed by atoms with van der Waals surface area (Å²) in [5, 5.41) is 18.0. The molecular formula is C17H17ClN4O4. The van der Waals surface area contributed by atoms with Crippen molar-refractivity contribution in [2.75, 3.05) is 11.9 Å². The van der Waals surface area contributed by atoms with Crippen LogP contribution in [-0.2, 0) is 0 Å². The van der Waals surface area contributed by atoms with Gasteiger partial charge in [0.05, 0.1) is 17.7 Å². The fraction of sp³-hybridized carbons (Fsp3) is 0.176. The first kappa shape index (κ1) is 19.2. The number of nitrogens with one attached hydrogen (secondary N) is 2. The number of nitro groups is 1. The second kappa shape index (κ2) is 9.38. The summed E-state index contributed by atoms with van der Waals surface area (Å²) in [6.07, 6.45) is 2.05. The number of amides is 2. The van der Waals surface area contributed by atoms with Gasteiger partial charge in [-0.05, 0) is 42.8 Å². The number of hydrogen-bond acceptors (Lipinski definition) is 5. The molecule has 26 heavy (non-hydrogen) atoms. The molecule has 0 heterocycles. The first-order valence-corrected chi connectivity index (χ1v) is 8.14. The molecule has 2 N–H and O–H groups in total. The van der Waals surface area contributed by atoms with Gasteiger partial charge < -0.3 is 10.1 Å². The van der Waals surface area contributed by atoms with Crippen LogP contribution >= 0.6 is 11.6 Å². The molecule has 2 rings (SSSR count). The number of hydrogen-bond donors (Lipinski definition) is 2. The number of urea groups is 1. The summed E-state index contributed by atoms with van der Waals surface area (Å²) in [5.74, 6) is 0.197. The maximum atomic E-state index is 11.7. The van der Waals surface area contributed by atoms with E-state index in [0.717, 1.165) is 6.42 Å². The second-order valence-corrected chi connectivity index (χ2v) is 5.60. The molecule has 8 nitrogen and oxygen atoms in total. The minimum absolute atomic E-state index is 0.159. The van der Waals surface area contributed by atoms with Crippen molar-refractivity contribution in [1.29, 1.82) is 0 Å². The third-order valence-electron chi connectivity index (χ3n) is 3.12. The molecule has 9 heteroatoms. The van der Waals surface area contributed by atoms with Crippen molar-refractivity contribution in [1.82, 2.24) is 5.43 Å². The number of nitrogens with zero attached hydrogens (tertiary/aromatic N) is 2. The van der Waals surface area contributed by atoms with Crippen molar-refractivity contribution < 1.29 is 14.5 Å². The third kappa shape index (κ3) is 5.75. The number of ether oxygens (including phenoxy) is 1. The molecule has 2 aromatic rings. The molecule has 0 fully saturated rings. The van der Waals surface area contributed by atoms with Gasteiger partial charge in [0, 0.05) is 22.3 Å². The summed E-state index contributed by atoms with van der Waals surface area (Å²) in [4.78, 5) is 22.4. The third-order valence-corrected chi connectivity index (χ3v) is 3.38. The van der Waals surface area contributed by atoms with Gasteiger partial charge in [-0.1, -0.05) is 18.5 Å². The summed E-state index contributed by atoms with van der Waals surface area (Å²) in [7, 11) is 0. The predicted octanol–water partition coefficient (Wildman–Crippen LogP) is 4.19. The molecule has 0 atom stereocenters. The van der Waals surface area contributed by atoms with Crippen molar-refractivity contribution >= 4 is 35.2 Å². The van der Waals surface area contributed by atoms with Crippen LogP contribution in [0.5, 0.6) is 5.75 Å². The van der Waals surface area contributed by atoms with Gasteiger partial charge in [0.25, 0.3) is 0 Å². The average Bonchev–Trinajstić information content (AvgIpc) is 2.62. The lowest BCUT2D eigenvalue weighted by Gasteiger charge is -2.06. The molecule has 0 unspecified atom stereocenters. The SMILES string of the molecule is CCCOc1ccc(/C=N\NC(=O)Nc2ccc(Cl)cc2)cc1[N+](=O)[O-]. The zero-order valence-corrected chi connectivity index (χ0v) is 14.7. The van der Waals surface area contributed by atoms with Gasteiger partial charge in [-0.15, -0.1) is 0 Å². The minimum Gasteiger partial charge on any atom is -0.487 e. The first-order chi connectivity index (χ1) is 12.5. The fourth-order valence-electron chi connectivity index (χ4n) is 1.95. The Balaban J connectivity index is 1.98. The highest BCUT2D eigenvalue weighted by Gasteiger charge is 2.15. The van der Waals surface area contributed by atoms with Crippen LogP contribution in [-0.4, -0.2) is 23.8 Å². The highest BCUT2D eigenvalue weighted by atomic mass is 35.5. The number of carbonyl (C=O) groups excluding carboxylic acids is 1. The number of halogens is 1. The molecule has 0 saturated heterocycles. The zero-order valence-electron chi connectivity index (χ0n) is 13.9. The van der Waals surface area contributed by atoms with Crippen LogP contribution < -0.4 is 15.5 Å². The molecule has 0 aliphatic carbocycles. The van der Waals surface area contributed by atoms with Gasteiger partial charge in [0.15, 0.2) is 5.75 Å². The lowest BCUT2D eigenvalue weighted by atomic mass is 10.2. The van der Waals surface area contributed by atoms with Crippen LogP contribution in [0.1, 0.15) is 18.9 Å². The number of anilines is 1. The zero-order chi connectivity index (χ0) is 18.9. The van der Waals surface area contributed by atoms with E-state index in [-0.39, 0.29) is 11.4 Å². The molecule has 136 valence electrons. The Kier molecular flexibility index (Phi) is 6.92. The molecule has 0 aliphatic heterocycles. The van der Waals surface area contributed by atoms with Gasteiger partial charge in [-0.25, -0.2) is 10.2 Å². The molecule has 0 bridgehead atoms. The molecule has 0 aliphatic rings. The van der Waals surface area contributed by atoms with Gasteiger partial charge >= 0.3 is 11.7 Å². The molecule has 2 aromatic carbocycles. The van der Waals surface area contributed by atoms with E-state index in [9.17, 15) is 14.9 Å². The molecular weight excluding hydrogens is 360 g/mol. The maximum absolute atomic E-state index is 11.7. The Labute approximate surface area is 155 Å². The normalized spacial score (nSPS) is 10.5. The Hall–Kier alpha value is -3.13. The van der Waals surface area contributed by atoms with Gasteiger partial charge in [-0.2, -0.15) is 5.10 Å². The largest absolute Gasteiger partial charge is 0.487 e. The smallest absolute Gasteiger partial charge is 0.339 e. The van der Waals surface area contributed by atoms with E-state index in [2.05, 4.69) is 15.8 Å². The van der Waals surface area contributed by atoms with E-state index < -0.39 is 11.0 Å². The lowest BCUT2D eigenvalue weighted by Crippen LogP contribution is -2.24. The second-order valence-electron chi connectivity index (χ2n) is 5.16. The average molecular weight is 377 g/mol. The van der Waals surface area contributed by atoms with E-state index >= 15 is 0 Å². The van der Waals surface area contributed by atoms with Gasteiger partial charge in [-0.3, -0.25) is 10.1 Å². The topological polar surface area (TPSA) is 106 Å². The summed E-state index contributed by atoms with van der Waals surface area (Å²) in [6.45, 7) is 2.30. The number of hydrazone groups is 1. The van der Waals surface area contributed by atoms with Crippen molar-refractivity contribution in [3.8, 4) is 5.75 Å². The molecule has 2 amide bonds. The lowest BCUT2D eigenvalue weighted by molar-refractivity contribution is -0.385. The molecule has 0 spiro atoms. The Morgan fingerprint density at radius 3 is 2.69 bits per heavy atom. The number of nitro benzene ring substituents is 1. The first-order valence-electron chi connectivity index (χ1n) is 7.76. The van der Waals surface area contributed by atoms with Crippen LogP contribution in [0.2, 0.25) is 5.02 Å². The van der Waals surface area contributed by atoms with Crippen LogP contribution in [0.15, 0.2) is 47.6 Å². The summed E-state index contributed by atoms with van der Waals surface area (Å²) >= 11 is 5.77. The Bertz CT molecular complexity index is 809. The highest BCUT2D eigenvalue weighted by Crippen LogP contribution is 2.27. The van der Waals surface area contributed by atoms with E-state index in [4.69, 9.17) is 16.3 Å². The Morgan fingerprint density at radius 2 is 2.04 bits per heavy atom. The number of carbonyl (C=O) groups is 1. The van der Waals surface area contributed by atoms with Crippen LogP contribution in [0.3, 0.4) is 0 Å². The van der Waals surface area contributed by atoms with Gasteiger partial charge in [0.1, 0.15) is 0 Å². The van der Waals surface area contributed by atoms with Crippen molar-refractivity contribution in [2.45, 2.75) is 13.3 Å². The van der Waals surface area contributed by atoms with Gasteiger partial charge in [0.2, 0.25) is 0 Å². The number of benzene rings is 2. The monoisotopic (exact) mass is 376 g/mol. The molecule has 0 radical (unpaired) electrons. The molecule has 0 saturated carbocycles. The summed E-state index contributed by atoms with van der Waals surface area (Å²) in [6, 6.07) is 10.5. The molecule has 0 aromatic heterocycles. The van der Waals surface area contributed by atoms with E-state index in [1.807, 2.05) is 6.92 Å². The number of rotatable bonds is 7. The van der Waals surface area contributed by atoms with Crippen LogP contribution in [0.25, 0.3) is 0 Å². The van der Waals surface area contributed by atoms with E-state index in [1.54, 1.807) is 30.3 Å². The summed E-state index contributed by atoms with van der Waals surface area (Å²) < 4.78 is 5.34. The highest BCUT2D eigenvalue weighted by molar-refractivity contribution is 6.30. The minimum atomic E-state index is -0.555. The van der Waals surface area contributed by atoms with Crippen LogP contribution in [0, 0.1) is 10.1 Å². The van der Waals surface area contributed by atoms with Crippen molar-refractivity contribution in [3.63, 3.8) is 0 Å². The summed E-state index contributed by atoms with van der Waals surface area (Å²) in [5.41, 5.74) is 3.12.